The van der Waals surface area contributed by atoms with Crippen LogP contribution in [0.15, 0.2) is 18.3 Å². The Morgan fingerprint density at radius 2 is 2.00 bits per heavy atom. The molecule has 4 nitrogen and oxygen atoms in total. The van der Waals surface area contributed by atoms with Crippen molar-refractivity contribution in [2.45, 2.75) is 65.4 Å². The second kappa shape index (κ2) is 7.76. The van der Waals surface area contributed by atoms with Crippen LogP contribution < -0.4 is 10.1 Å². The molecule has 118 valence electrons. The molecule has 1 aromatic rings. The van der Waals surface area contributed by atoms with E-state index in [1.54, 1.807) is 0 Å². The van der Waals surface area contributed by atoms with Crippen LogP contribution in [0.3, 0.4) is 0 Å². The largest absolute Gasteiger partial charge is 0.474 e. The number of nitrogens with one attached hydrogen (secondary N) is 1. The van der Waals surface area contributed by atoms with Crippen molar-refractivity contribution < 1.29 is 9.47 Å². The van der Waals surface area contributed by atoms with Gasteiger partial charge in [0.1, 0.15) is 6.10 Å². The molecule has 0 amide bonds. The predicted octanol–water partition coefficient (Wildman–Crippen LogP) is 3.16. The van der Waals surface area contributed by atoms with Gasteiger partial charge in [0.15, 0.2) is 0 Å². The molecule has 0 aliphatic carbocycles. The Morgan fingerprint density at radius 3 is 2.57 bits per heavy atom. The van der Waals surface area contributed by atoms with Gasteiger partial charge in [0.25, 0.3) is 0 Å². The fourth-order valence-electron chi connectivity index (χ4n) is 2.70. The number of hydrogen-bond donors (Lipinski definition) is 1. The summed E-state index contributed by atoms with van der Waals surface area (Å²) in [5, 5.41) is 3.42. The third-order valence-corrected chi connectivity index (χ3v) is 3.62. The van der Waals surface area contributed by atoms with Gasteiger partial charge in [-0.15, -0.1) is 0 Å². The summed E-state index contributed by atoms with van der Waals surface area (Å²) in [5.74, 6) is 1.38. The number of pyridine rings is 1. The number of hydrogen-bond acceptors (Lipinski definition) is 4. The van der Waals surface area contributed by atoms with E-state index in [9.17, 15) is 0 Å². The molecule has 1 N–H and O–H groups in total. The van der Waals surface area contributed by atoms with Crippen molar-refractivity contribution in [1.29, 1.82) is 0 Å². The van der Waals surface area contributed by atoms with Gasteiger partial charge in [-0.2, -0.15) is 0 Å². The van der Waals surface area contributed by atoms with E-state index in [4.69, 9.17) is 9.47 Å². The van der Waals surface area contributed by atoms with Gasteiger partial charge < -0.3 is 14.8 Å². The third-order valence-electron chi connectivity index (χ3n) is 3.62. The molecular formula is C17H28N2O2. The molecule has 2 atom stereocenters. The Morgan fingerprint density at radius 1 is 1.29 bits per heavy atom. The van der Waals surface area contributed by atoms with Gasteiger partial charge in [-0.3, -0.25) is 0 Å². The van der Waals surface area contributed by atoms with Crippen LogP contribution in [-0.2, 0) is 11.3 Å². The van der Waals surface area contributed by atoms with Gasteiger partial charge in [0, 0.05) is 31.6 Å². The molecule has 2 heterocycles. The molecular weight excluding hydrogens is 264 g/mol. The lowest BCUT2D eigenvalue weighted by atomic mass is 10.0. The summed E-state index contributed by atoms with van der Waals surface area (Å²) < 4.78 is 11.7. The Balaban J connectivity index is 1.81. The maximum atomic E-state index is 5.98. The summed E-state index contributed by atoms with van der Waals surface area (Å²) in [4.78, 5) is 4.42. The van der Waals surface area contributed by atoms with Crippen molar-refractivity contribution in [2.75, 3.05) is 6.54 Å². The molecule has 21 heavy (non-hydrogen) atoms. The van der Waals surface area contributed by atoms with Gasteiger partial charge in [0.2, 0.25) is 5.88 Å². The molecule has 1 fully saturated rings. The summed E-state index contributed by atoms with van der Waals surface area (Å²) in [6, 6.07) is 4.05. The molecule has 1 saturated heterocycles. The maximum absolute atomic E-state index is 5.98. The minimum absolute atomic E-state index is 0.209. The lowest BCUT2D eigenvalue weighted by Crippen LogP contribution is -2.35. The van der Waals surface area contributed by atoms with Crippen molar-refractivity contribution in [1.82, 2.24) is 10.3 Å². The standard InChI is InChI=1S/C17H28N2O2/c1-12(2)9-18-10-15-5-6-17(19-11-15)21-16-7-13(3)20-14(4)8-16/h5-6,11-14,16,18H,7-10H2,1-4H3. The van der Waals surface area contributed by atoms with E-state index in [1.165, 1.54) is 5.56 Å². The molecule has 0 radical (unpaired) electrons. The Kier molecular flexibility index (Phi) is 6.00. The summed E-state index contributed by atoms with van der Waals surface area (Å²) in [6.45, 7) is 10.5. The highest BCUT2D eigenvalue weighted by molar-refractivity contribution is 5.18. The number of aromatic nitrogens is 1. The molecule has 2 rings (SSSR count). The number of ether oxygens (including phenoxy) is 2. The van der Waals surface area contributed by atoms with Crippen molar-refractivity contribution in [3.05, 3.63) is 23.9 Å². The summed E-state index contributed by atoms with van der Waals surface area (Å²) in [5.41, 5.74) is 1.19. The van der Waals surface area contributed by atoms with Gasteiger partial charge >= 0.3 is 0 Å². The van der Waals surface area contributed by atoms with Crippen LogP contribution >= 0.6 is 0 Å². The van der Waals surface area contributed by atoms with Gasteiger partial charge in [-0.25, -0.2) is 4.98 Å². The smallest absolute Gasteiger partial charge is 0.213 e. The maximum Gasteiger partial charge on any atom is 0.213 e. The zero-order chi connectivity index (χ0) is 15.2. The van der Waals surface area contributed by atoms with Gasteiger partial charge in [-0.05, 0) is 31.9 Å². The summed E-state index contributed by atoms with van der Waals surface area (Å²) in [6.07, 6.45) is 4.50. The summed E-state index contributed by atoms with van der Waals surface area (Å²) >= 11 is 0. The van der Waals surface area contributed by atoms with E-state index in [2.05, 4.69) is 44.1 Å². The monoisotopic (exact) mass is 292 g/mol. The molecule has 1 aliphatic rings. The van der Waals surface area contributed by atoms with Crippen LogP contribution in [0.2, 0.25) is 0 Å². The van der Waals surface area contributed by atoms with Crippen LogP contribution in [0, 0.1) is 5.92 Å². The first-order chi connectivity index (χ1) is 10.0. The Bertz CT molecular complexity index is 409. The first-order valence-electron chi connectivity index (χ1n) is 8.00. The minimum atomic E-state index is 0.209. The average molecular weight is 292 g/mol. The van der Waals surface area contributed by atoms with E-state index < -0.39 is 0 Å². The molecule has 0 spiro atoms. The third kappa shape index (κ3) is 5.64. The van der Waals surface area contributed by atoms with E-state index >= 15 is 0 Å². The number of nitrogens with zero attached hydrogens (tertiary/aromatic N) is 1. The average Bonchev–Trinajstić information content (AvgIpc) is 2.39. The highest BCUT2D eigenvalue weighted by atomic mass is 16.5. The second-order valence-corrected chi connectivity index (χ2v) is 6.50. The Labute approximate surface area is 128 Å². The van der Waals surface area contributed by atoms with Crippen LogP contribution in [0.4, 0.5) is 0 Å². The van der Waals surface area contributed by atoms with Gasteiger partial charge in [-0.1, -0.05) is 19.9 Å². The van der Waals surface area contributed by atoms with Crippen LogP contribution in [0.5, 0.6) is 5.88 Å². The van der Waals surface area contributed by atoms with E-state index in [0.29, 0.717) is 11.8 Å². The molecule has 1 aliphatic heterocycles. The SMILES string of the molecule is CC(C)CNCc1ccc(OC2CC(C)OC(C)C2)nc1. The van der Waals surface area contributed by atoms with Gasteiger partial charge in [0.05, 0.1) is 12.2 Å². The summed E-state index contributed by atoms with van der Waals surface area (Å²) in [7, 11) is 0. The highest BCUT2D eigenvalue weighted by Crippen LogP contribution is 2.23. The first-order valence-corrected chi connectivity index (χ1v) is 8.00. The van der Waals surface area contributed by atoms with Crippen molar-refractivity contribution in [3.63, 3.8) is 0 Å². The molecule has 0 saturated carbocycles. The van der Waals surface area contributed by atoms with Crippen LogP contribution in [0.1, 0.15) is 46.1 Å². The molecule has 0 aromatic carbocycles. The highest BCUT2D eigenvalue weighted by Gasteiger charge is 2.25. The topological polar surface area (TPSA) is 43.4 Å². The van der Waals surface area contributed by atoms with Crippen molar-refractivity contribution in [2.24, 2.45) is 5.92 Å². The van der Waals surface area contributed by atoms with Crippen LogP contribution in [0.25, 0.3) is 0 Å². The molecule has 2 unspecified atom stereocenters. The normalized spacial score (nSPS) is 26.0. The predicted molar refractivity (Wildman–Crippen MR) is 84.4 cm³/mol. The fraction of sp³-hybridized carbons (Fsp3) is 0.706. The van der Waals surface area contributed by atoms with E-state index in [-0.39, 0.29) is 18.3 Å². The zero-order valence-electron chi connectivity index (χ0n) is 13.6. The lowest BCUT2D eigenvalue weighted by molar-refractivity contribution is -0.0729. The fourth-order valence-corrected chi connectivity index (χ4v) is 2.70. The quantitative estimate of drug-likeness (QED) is 0.874. The second-order valence-electron chi connectivity index (χ2n) is 6.50. The first kappa shape index (κ1) is 16.2. The zero-order valence-corrected chi connectivity index (χ0v) is 13.6. The lowest BCUT2D eigenvalue weighted by Gasteiger charge is -2.31. The number of rotatable bonds is 6. The molecule has 1 aromatic heterocycles. The molecule has 4 heteroatoms. The Hall–Kier alpha value is -1.13. The van der Waals surface area contributed by atoms with E-state index in [0.717, 1.165) is 25.9 Å². The molecule has 0 bridgehead atoms. The van der Waals surface area contributed by atoms with E-state index in [1.807, 2.05) is 12.3 Å². The van der Waals surface area contributed by atoms with Crippen molar-refractivity contribution >= 4 is 0 Å². The van der Waals surface area contributed by atoms with Crippen LogP contribution in [-0.4, -0.2) is 29.8 Å². The minimum Gasteiger partial charge on any atom is -0.474 e. The van der Waals surface area contributed by atoms with Crippen molar-refractivity contribution in [3.8, 4) is 5.88 Å².